The standard InChI is InChI=1S/C15H30OSi/c1-10-15(11(2)3)16-17(12(4)5,13(6)7)14(8)9/h1,11-15H,2-9H3/t15-/m0/s1. The summed E-state index contributed by atoms with van der Waals surface area (Å²) in [5.41, 5.74) is 1.78. The van der Waals surface area contributed by atoms with Crippen LogP contribution in [0, 0.1) is 18.3 Å². The van der Waals surface area contributed by atoms with E-state index in [0.29, 0.717) is 22.5 Å². The third kappa shape index (κ3) is 3.60. The highest BCUT2D eigenvalue weighted by Gasteiger charge is 2.46. The Morgan fingerprint density at radius 3 is 1.35 bits per heavy atom. The molecule has 0 rings (SSSR count). The quantitative estimate of drug-likeness (QED) is 0.487. The van der Waals surface area contributed by atoms with Crippen molar-refractivity contribution in [2.45, 2.75) is 78.1 Å². The monoisotopic (exact) mass is 254 g/mol. The topological polar surface area (TPSA) is 9.23 Å². The van der Waals surface area contributed by atoms with Crippen molar-refractivity contribution in [1.29, 1.82) is 0 Å². The van der Waals surface area contributed by atoms with Crippen molar-refractivity contribution in [3.63, 3.8) is 0 Å². The molecule has 100 valence electrons. The molecule has 0 amide bonds. The lowest BCUT2D eigenvalue weighted by atomic mass is 10.1. The van der Waals surface area contributed by atoms with E-state index in [4.69, 9.17) is 10.8 Å². The summed E-state index contributed by atoms with van der Waals surface area (Å²) in [5, 5.41) is 0. The molecule has 0 aliphatic carbocycles. The first-order chi connectivity index (χ1) is 7.70. The molecule has 1 atom stereocenters. The molecule has 0 aliphatic rings. The molecule has 0 saturated heterocycles. The van der Waals surface area contributed by atoms with Gasteiger partial charge in [0.1, 0.15) is 6.10 Å². The minimum atomic E-state index is -1.82. The summed E-state index contributed by atoms with van der Waals surface area (Å²) in [4.78, 5) is 0. The van der Waals surface area contributed by atoms with Crippen LogP contribution in [0.5, 0.6) is 0 Å². The van der Waals surface area contributed by atoms with Crippen LogP contribution in [-0.4, -0.2) is 14.4 Å². The molecule has 1 nitrogen and oxygen atoms in total. The van der Waals surface area contributed by atoms with Gasteiger partial charge in [-0.25, -0.2) is 0 Å². The second-order valence-electron chi connectivity index (χ2n) is 6.27. The fraction of sp³-hybridized carbons (Fsp3) is 0.867. The summed E-state index contributed by atoms with van der Waals surface area (Å²) in [6, 6.07) is 0. The molecule has 0 radical (unpaired) electrons. The van der Waals surface area contributed by atoms with Gasteiger partial charge in [-0.1, -0.05) is 61.3 Å². The van der Waals surface area contributed by atoms with Crippen LogP contribution in [0.25, 0.3) is 0 Å². The van der Waals surface area contributed by atoms with Crippen LogP contribution < -0.4 is 0 Å². The SMILES string of the molecule is C#C[C@H](O[Si](C(C)C)(C(C)C)C(C)C)C(C)C. The van der Waals surface area contributed by atoms with Crippen molar-refractivity contribution in [1.82, 2.24) is 0 Å². The largest absolute Gasteiger partial charge is 0.402 e. The molecular formula is C15H30OSi. The molecule has 0 aromatic carbocycles. The molecule has 0 aromatic rings. The van der Waals surface area contributed by atoms with E-state index in [9.17, 15) is 0 Å². The normalized spacial score (nSPS) is 14.8. The van der Waals surface area contributed by atoms with Crippen LogP contribution in [0.4, 0.5) is 0 Å². The van der Waals surface area contributed by atoms with Gasteiger partial charge in [0.25, 0.3) is 0 Å². The fourth-order valence-electron chi connectivity index (χ4n) is 2.99. The third-order valence-electron chi connectivity index (χ3n) is 3.81. The zero-order chi connectivity index (χ0) is 13.8. The van der Waals surface area contributed by atoms with E-state index in [0.717, 1.165) is 0 Å². The lowest BCUT2D eigenvalue weighted by molar-refractivity contribution is 0.179. The van der Waals surface area contributed by atoms with Crippen LogP contribution in [0.15, 0.2) is 0 Å². The predicted molar refractivity (Wildman–Crippen MR) is 79.6 cm³/mol. The van der Waals surface area contributed by atoms with Crippen molar-refractivity contribution in [2.75, 3.05) is 0 Å². The zero-order valence-corrected chi connectivity index (χ0v) is 13.9. The van der Waals surface area contributed by atoms with E-state index in [1.807, 2.05) is 0 Å². The minimum Gasteiger partial charge on any atom is -0.402 e. The Bertz CT molecular complexity index is 239. The van der Waals surface area contributed by atoms with Crippen molar-refractivity contribution < 1.29 is 4.43 Å². The van der Waals surface area contributed by atoms with Crippen LogP contribution in [0.3, 0.4) is 0 Å². The molecule has 2 heteroatoms. The van der Waals surface area contributed by atoms with Gasteiger partial charge >= 0.3 is 0 Å². The van der Waals surface area contributed by atoms with Crippen LogP contribution >= 0.6 is 0 Å². The summed E-state index contributed by atoms with van der Waals surface area (Å²) in [6.07, 6.45) is 5.60. The second-order valence-corrected chi connectivity index (χ2v) is 11.7. The van der Waals surface area contributed by atoms with Crippen molar-refractivity contribution in [2.24, 2.45) is 5.92 Å². The Balaban J connectivity index is 5.26. The molecule has 17 heavy (non-hydrogen) atoms. The number of hydrogen-bond acceptors (Lipinski definition) is 1. The fourth-order valence-corrected chi connectivity index (χ4v) is 8.59. The van der Waals surface area contributed by atoms with Crippen LogP contribution in [-0.2, 0) is 4.43 Å². The van der Waals surface area contributed by atoms with Gasteiger partial charge in [-0.3, -0.25) is 0 Å². The smallest absolute Gasteiger partial charge is 0.202 e. The molecule has 0 fully saturated rings. The summed E-state index contributed by atoms with van der Waals surface area (Å²) < 4.78 is 6.54. The maximum atomic E-state index is 6.54. The Kier molecular flexibility index (Phi) is 6.51. The second kappa shape index (κ2) is 6.61. The summed E-state index contributed by atoms with van der Waals surface area (Å²) in [6.45, 7) is 18.0. The third-order valence-corrected chi connectivity index (χ3v) is 9.88. The molecule has 0 spiro atoms. The average Bonchev–Trinajstić information content (AvgIpc) is 2.16. The highest BCUT2D eigenvalue weighted by Crippen LogP contribution is 2.43. The maximum Gasteiger partial charge on any atom is 0.202 e. The Morgan fingerprint density at radius 1 is 0.824 bits per heavy atom. The van der Waals surface area contributed by atoms with Gasteiger partial charge in [-0.15, -0.1) is 6.42 Å². The van der Waals surface area contributed by atoms with Gasteiger partial charge in [-0.2, -0.15) is 0 Å². The minimum absolute atomic E-state index is 0.0335. The molecule has 0 saturated carbocycles. The first kappa shape index (κ1) is 16.7. The van der Waals surface area contributed by atoms with E-state index in [1.54, 1.807) is 0 Å². The highest BCUT2D eigenvalue weighted by atomic mass is 28.4. The molecule has 0 N–H and O–H groups in total. The van der Waals surface area contributed by atoms with Gasteiger partial charge in [0.2, 0.25) is 8.32 Å². The average molecular weight is 254 g/mol. The number of rotatable bonds is 6. The van der Waals surface area contributed by atoms with E-state index >= 15 is 0 Å². The first-order valence-corrected chi connectivity index (χ1v) is 8.98. The lowest BCUT2D eigenvalue weighted by Crippen LogP contribution is -2.50. The Labute approximate surface area is 109 Å². The van der Waals surface area contributed by atoms with Gasteiger partial charge < -0.3 is 4.43 Å². The molecule has 0 heterocycles. The van der Waals surface area contributed by atoms with Crippen LogP contribution in [0.2, 0.25) is 16.6 Å². The van der Waals surface area contributed by atoms with E-state index < -0.39 is 8.32 Å². The van der Waals surface area contributed by atoms with Gasteiger partial charge in [-0.05, 0) is 22.5 Å². The van der Waals surface area contributed by atoms with Crippen molar-refractivity contribution in [3.05, 3.63) is 0 Å². The zero-order valence-electron chi connectivity index (χ0n) is 12.9. The Morgan fingerprint density at radius 2 is 1.18 bits per heavy atom. The number of terminal acetylenes is 1. The Hall–Kier alpha value is -0.263. The first-order valence-electron chi connectivity index (χ1n) is 6.84. The van der Waals surface area contributed by atoms with E-state index in [-0.39, 0.29) is 6.10 Å². The van der Waals surface area contributed by atoms with Gasteiger partial charge in [0, 0.05) is 0 Å². The van der Waals surface area contributed by atoms with E-state index in [1.165, 1.54) is 0 Å². The summed E-state index contributed by atoms with van der Waals surface area (Å²) in [7, 11) is -1.82. The highest BCUT2D eigenvalue weighted by molar-refractivity contribution is 6.77. The molecule has 0 unspecified atom stereocenters. The molecule has 0 bridgehead atoms. The molecular weight excluding hydrogens is 224 g/mol. The summed E-state index contributed by atoms with van der Waals surface area (Å²) >= 11 is 0. The van der Waals surface area contributed by atoms with Crippen LogP contribution in [0.1, 0.15) is 55.4 Å². The predicted octanol–water partition coefficient (Wildman–Crippen LogP) is 4.84. The molecule has 0 aromatic heterocycles. The van der Waals surface area contributed by atoms with Gasteiger partial charge in [0.05, 0.1) is 0 Å². The van der Waals surface area contributed by atoms with Crippen molar-refractivity contribution >= 4 is 8.32 Å². The lowest BCUT2D eigenvalue weighted by Gasteiger charge is -2.44. The number of hydrogen-bond donors (Lipinski definition) is 0. The molecule has 0 aliphatic heterocycles. The van der Waals surface area contributed by atoms with Gasteiger partial charge in [0.15, 0.2) is 0 Å². The maximum absolute atomic E-state index is 6.54. The van der Waals surface area contributed by atoms with E-state index in [2.05, 4.69) is 61.3 Å². The summed E-state index contributed by atoms with van der Waals surface area (Å²) in [5.74, 6) is 3.23. The van der Waals surface area contributed by atoms with Crippen molar-refractivity contribution in [3.8, 4) is 12.3 Å².